The fourth-order valence-electron chi connectivity index (χ4n) is 2.56. The maximum atomic E-state index is 6.20. The summed E-state index contributed by atoms with van der Waals surface area (Å²) in [5.41, 5.74) is 2.44. The van der Waals surface area contributed by atoms with Crippen molar-refractivity contribution in [3.63, 3.8) is 0 Å². The normalized spacial score (nSPS) is 12.6. The minimum atomic E-state index is 0.0881. The predicted octanol–water partition coefficient (Wildman–Crippen LogP) is 4.34. The third-order valence-electron chi connectivity index (χ3n) is 3.62. The molecule has 3 nitrogen and oxygen atoms in total. The predicted molar refractivity (Wildman–Crippen MR) is 88.8 cm³/mol. The summed E-state index contributed by atoms with van der Waals surface area (Å²) in [6.45, 7) is 8.42. The molecule has 21 heavy (non-hydrogen) atoms. The Morgan fingerprint density at radius 2 is 2.10 bits per heavy atom. The number of hydrogen-bond donors (Lipinski definition) is 1. The van der Waals surface area contributed by atoms with Crippen LogP contribution < -0.4 is 5.32 Å². The van der Waals surface area contributed by atoms with Crippen molar-refractivity contribution in [2.75, 3.05) is 6.54 Å². The van der Waals surface area contributed by atoms with Gasteiger partial charge in [-0.15, -0.1) is 0 Å². The highest BCUT2D eigenvalue weighted by Gasteiger charge is 2.20. The fourth-order valence-corrected chi connectivity index (χ4v) is 2.74. The molecule has 1 atom stereocenters. The zero-order valence-electron chi connectivity index (χ0n) is 13.1. The molecule has 0 fully saturated rings. The van der Waals surface area contributed by atoms with Crippen molar-refractivity contribution < 1.29 is 0 Å². The van der Waals surface area contributed by atoms with Crippen molar-refractivity contribution in [2.24, 2.45) is 0 Å². The first-order valence-electron chi connectivity index (χ1n) is 7.67. The van der Waals surface area contributed by atoms with Crippen molar-refractivity contribution >= 4 is 11.6 Å². The van der Waals surface area contributed by atoms with Crippen LogP contribution >= 0.6 is 11.6 Å². The number of benzene rings is 1. The van der Waals surface area contributed by atoms with E-state index in [1.807, 2.05) is 12.3 Å². The first-order valence-corrected chi connectivity index (χ1v) is 8.05. The van der Waals surface area contributed by atoms with Crippen LogP contribution in [0.15, 0.2) is 30.6 Å². The summed E-state index contributed by atoms with van der Waals surface area (Å²) in [5, 5.41) is 4.38. The average Bonchev–Trinajstić information content (AvgIpc) is 2.92. The lowest BCUT2D eigenvalue weighted by molar-refractivity contribution is 0.528. The summed E-state index contributed by atoms with van der Waals surface area (Å²) in [5.74, 6) is 1.07. The van der Waals surface area contributed by atoms with Gasteiger partial charge in [0.15, 0.2) is 0 Å². The van der Waals surface area contributed by atoms with Crippen LogP contribution in [-0.2, 0) is 6.54 Å². The summed E-state index contributed by atoms with van der Waals surface area (Å²) in [7, 11) is 0. The number of halogens is 1. The van der Waals surface area contributed by atoms with E-state index in [1.165, 1.54) is 11.1 Å². The first kappa shape index (κ1) is 16.1. The van der Waals surface area contributed by atoms with Crippen molar-refractivity contribution in [1.29, 1.82) is 0 Å². The Balaban J connectivity index is 2.42. The van der Waals surface area contributed by atoms with Crippen molar-refractivity contribution in [3.8, 4) is 0 Å². The lowest BCUT2D eigenvalue weighted by Crippen LogP contribution is -2.27. The number of nitrogens with one attached hydrogen (secondary N) is 1. The Morgan fingerprint density at radius 3 is 2.81 bits per heavy atom. The Morgan fingerprint density at radius 1 is 1.29 bits per heavy atom. The number of hydrogen-bond acceptors (Lipinski definition) is 2. The Hall–Kier alpha value is -1.32. The zero-order chi connectivity index (χ0) is 15.2. The van der Waals surface area contributed by atoms with Crippen LogP contribution in [0.4, 0.5) is 0 Å². The molecule has 0 amide bonds. The molecule has 0 aliphatic carbocycles. The van der Waals surface area contributed by atoms with Crippen LogP contribution in [0.3, 0.4) is 0 Å². The van der Waals surface area contributed by atoms with E-state index >= 15 is 0 Å². The fraction of sp³-hybridized carbons (Fsp3) is 0.471. The highest BCUT2D eigenvalue weighted by atomic mass is 35.5. The zero-order valence-corrected chi connectivity index (χ0v) is 13.8. The lowest BCUT2D eigenvalue weighted by Gasteiger charge is -2.22. The van der Waals surface area contributed by atoms with E-state index in [1.54, 1.807) is 0 Å². The molecular formula is C17H24ClN3. The number of aryl methyl sites for hydroxylation is 2. The monoisotopic (exact) mass is 305 g/mol. The average molecular weight is 306 g/mol. The van der Waals surface area contributed by atoms with Crippen LogP contribution in [0.25, 0.3) is 0 Å². The Labute approximate surface area is 132 Å². The summed E-state index contributed by atoms with van der Waals surface area (Å²) < 4.78 is 2.23. The van der Waals surface area contributed by atoms with E-state index in [-0.39, 0.29) is 6.04 Å². The van der Waals surface area contributed by atoms with Crippen LogP contribution in [0.2, 0.25) is 5.02 Å². The van der Waals surface area contributed by atoms with E-state index in [0.29, 0.717) is 0 Å². The van der Waals surface area contributed by atoms with Gasteiger partial charge in [0.05, 0.1) is 6.04 Å². The van der Waals surface area contributed by atoms with Crippen LogP contribution in [0.5, 0.6) is 0 Å². The number of rotatable bonds is 7. The van der Waals surface area contributed by atoms with E-state index in [9.17, 15) is 0 Å². The molecule has 0 aliphatic heterocycles. The molecular weight excluding hydrogens is 282 g/mol. The van der Waals surface area contributed by atoms with Gasteiger partial charge in [-0.05, 0) is 49.6 Å². The quantitative estimate of drug-likeness (QED) is 0.824. The Bertz CT molecular complexity index is 577. The van der Waals surface area contributed by atoms with Gasteiger partial charge in [-0.2, -0.15) is 0 Å². The second-order valence-corrected chi connectivity index (χ2v) is 5.80. The molecule has 1 unspecified atom stereocenters. The maximum Gasteiger partial charge on any atom is 0.130 e. The third kappa shape index (κ3) is 3.86. The molecule has 0 saturated carbocycles. The third-order valence-corrected chi connectivity index (χ3v) is 3.86. The van der Waals surface area contributed by atoms with Crippen LogP contribution in [0, 0.1) is 6.92 Å². The highest BCUT2D eigenvalue weighted by molar-refractivity contribution is 6.30. The molecule has 0 radical (unpaired) electrons. The molecule has 1 N–H and O–H groups in total. The van der Waals surface area contributed by atoms with E-state index < -0.39 is 0 Å². The molecule has 0 saturated heterocycles. The molecule has 1 heterocycles. The lowest BCUT2D eigenvalue weighted by atomic mass is 10.0. The van der Waals surface area contributed by atoms with Gasteiger partial charge in [-0.25, -0.2) is 4.98 Å². The van der Waals surface area contributed by atoms with E-state index in [2.05, 4.69) is 54.0 Å². The van der Waals surface area contributed by atoms with E-state index in [4.69, 9.17) is 11.6 Å². The molecule has 1 aromatic heterocycles. The van der Waals surface area contributed by atoms with Crippen molar-refractivity contribution in [3.05, 3.63) is 52.6 Å². The standard InChI is InChI=1S/C17H24ClN3/c1-4-8-19-16(15-12-14(18)7-6-13(15)3)17-20-9-11-21(17)10-5-2/h6-7,9,11-12,16,19H,4-5,8,10H2,1-3H3. The minimum absolute atomic E-state index is 0.0881. The summed E-state index contributed by atoms with van der Waals surface area (Å²) in [6, 6.07) is 6.15. The summed E-state index contributed by atoms with van der Waals surface area (Å²) >= 11 is 6.20. The molecule has 4 heteroatoms. The molecule has 0 bridgehead atoms. The highest BCUT2D eigenvalue weighted by Crippen LogP contribution is 2.27. The van der Waals surface area contributed by atoms with Gasteiger partial charge in [0, 0.05) is 24.0 Å². The second kappa shape index (κ2) is 7.62. The molecule has 114 valence electrons. The first-order chi connectivity index (χ1) is 10.2. The van der Waals surface area contributed by atoms with Crippen molar-refractivity contribution in [1.82, 2.24) is 14.9 Å². The molecule has 2 rings (SSSR count). The van der Waals surface area contributed by atoms with E-state index in [0.717, 1.165) is 36.8 Å². The smallest absolute Gasteiger partial charge is 0.130 e. The summed E-state index contributed by atoms with van der Waals surface area (Å²) in [6.07, 6.45) is 6.12. The van der Waals surface area contributed by atoms with Gasteiger partial charge < -0.3 is 9.88 Å². The van der Waals surface area contributed by atoms with Crippen LogP contribution in [-0.4, -0.2) is 16.1 Å². The van der Waals surface area contributed by atoms with Crippen molar-refractivity contribution in [2.45, 2.75) is 46.2 Å². The van der Waals surface area contributed by atoms with Gasteiger partial charge in [0.2, 0.25) is 0 Å². The van der Waals surface area contributed by atoms with Gasteiger partial charge in [-0.1, -0.05) is 31.5 Å². The molecule has 2 aromatic rings. The topological polar surface area (TPSA) is 29.9 Å². The minimum Gasteiger partial charge on any atom is -0.333 e. The SMILES string of the molecule is CCCNC(c1cc(Cl)ccc1C)c1nccn1CCC. The van der Waals surface area contributed by atoms with Gasteiger partial charge >= 0.3 is 0 Å². The largest absolute Gasteiger partial charge is 0.333 e. The number of nitrogens with zero attached hydrogens (tertiary/aromatic N) is 2. The maximum absolute atomic E-state index is 6.20. The van der Waals surface area contributed by atoms with Gasteiger partial charge in [-0.3, -0.25) is 0 Å². The Kier molecular flexibility index (Phi) is 5.83. The number of imidazole rings is 1. The summed E-state index contributed by atoms with van der Waals surface area (Å²) in [4.78, 5) is 4.59. The van der Waals surface area contributed by atoms with Crippen LogP contribution in [0.1, 0.15) is 49.7 Å². The van der Waals surface area contributed by atoms with Gasteiger partial charge in [0.1, 0.15) is 5.82 Å². The van der Waals surface area contributed by atoms with Gasteiger partial charge in [0.25, 0.3) is 0 Å². The molecule has 0 spiro atoms. The number of aromatic nitrogens is 2. The molecule has 1 aromatic carbocycles. The second-order valence-electron chi connectivity index (χ2n) is 5.37. The molecule has 0 aliphatic rings.